The van der Waals surface area contributed by atoms with Crippen molar-refractivity contribution in [1.29, 1.82) is 0 Å². The van der Waals surface area contributed by atoms with Gasteiger partial charge in [-0.3, -0.25) is 4.79 Å². The number of carbonyl (C=O) groups is 1. The number of ether oxygens (including phenoxy) is 1. The second-order valence-electron chi connectivity index (χ2n) is 3.82. The van der Waals surface area contributed by atoms with Crippen LogP contribution in [0.4, 0.5) is 0 Å². The lowest BCUT2D eigenvalue weighted by Crippen LogP contribution is -1.98. The number of fused-ring (bicyclic) bond motifs is 1. The number of benzene rings is 1. The molecule has 4 heteroatoms. The Labute approximate surface area is 112 Å². The van der Waals surface area contributed by atoms with Crippen molar-refractivity contribution in [3.05, 3.63) is 52.2 Å². The molecule has 1 aromatic carbocycles. The molecule has 0 atom stereocenters. The molecule has 0 saturated heterocycles. The third-order valence-electron chi connectivity index (χ3n) is 2.70. The topological polar surface area (TPSA) is 26.3 Å². The van der Waals surface area contributed by atoms with Crippen LogP contribution < -0.4 is 4.74 Å². The third kappa shape index (κ3) is 1.94. The van der Waals surface area contributed by atoms with Gasteiger partial charge in [-0.25, -0.2) is 0 Å². The van der Waals surface area contributed by atoms with Crippen molar-refractivity contribution in [2.45, 2.75) is 0 Å². The van der Waals surface area contributed by atoms with Crippen LogP contribution in [0.1, 0.15) is 15.2 Å². The van der Waals surface area contributed by atoms with Gasteiger partial charge in [0.2, 0.25) is 5.78 Å². The first-order chi connectivity index (χ1) is 8.78. The highest BCUT2D eigenvalue weighted by Gasteiger charge is 2.13. The van der Waals surface area contributed by atoms with E-state index in [-0.39, 0.29) is 5.78 Å². The summed E-state index contributed by atoms with van der Waals surface area (Å²) in [5, 5.41) is 2.04. The summed E-state index contributed by atoms with van der Waals surface area (Å²) in [6, 6.07) is 11.3. The summed E-state index contributed by atoms with van der Waals surface area (Å²) < 4.78 is 7.48. The largest absolute Gasteiger partial charge is 0.497 e. The summed E-state index contributed by atoms with van der Waals surface area (Å²) in [4.78, 5) is 13.1. The summed E-state index contributed by atoms with van der Waals surface area (Å²) in [5.41, 5.74) is 0.670. The molecule has 0 aliphatic carbocycles. The standard InChI is InChI=1S/C14H10O2S2/c1-16-10-4-2-3-9(7-10)14(15)13-8-12-11(18-13)5-6-17-12/h2-8H,1H3. The van der Waals surface area contributed by atoms with E-state index in [0.717, 1.165) is 4.88 Å². The maximum atomic E-state index is 12.3. The maximum Gasteiger partial charge on any atom is 0.203 e. The van der Waals surface area contributed by atoms with Crippen molar-refractivity contribution >= 4 is 37.9 Å². The molecule has 0 aliphatic rings. The van der Waals surface area contributed by atoms with Crippen LogP contribution in [0, 0.1) is 0 Å². The van der Waals surface area contributed by atoms with Crippen LogP contribution in [0.15, 0.2) is 41.8 Å². The first-order valence-corrected chi connectivity index (χ1v) is 7.13. The molecule has 0 unspecified atom stereocenters. The van der Waals surface area contributed by atoms with Crippen molar-refractivity contribution in [2.75, 3.05) is 7.11 Å². The highest BCUT2D eigenvalue weighted by atomic mass is 32.1. The number of ketones is 1. The summed E-state index contributed by atoms with van der Waals surface area (Å²) in [6.07, 6.45) is 0. The Morgan fingerprint density at radius 3 is 2.83 bits per heavy atom. The van der Waals surface area contributed by atoms with E-state index in [4.69, 9.17) is 4.74 Å². The number of hydrogen-bond donors (Lipinski definition) is 0. The van der Waals surface area contributed by atoms with Crippen LogP contribution in [0.2, 0.25) is 0 Å². The molecule has 0 radical (unpaired) electrons. The van der Waals surface area contributed by atoms with Crippen LogP contribution in [0.5, 0.6) is 5.75 Å². The summed E-state index contributed by atoms with van der Waals surface area (Å²) >= 11 is 3.20. The van der Waals surface area contributed by atoms with Crippen LogP contribution in [-0.2, 0) is 0 Å². The number of rotatable bonds is 3. The second-order valence-corrected chi connectivity index (χ2v) is 5.85. The van der Waals surface area contributed by atoms with Gasteiger partial charge in [-0.2, -0.15) is 0 Å². The van der Waals surface area contributed by atoms with Crippen LogP contribution >= 0.6 is 22.7 Å². The molecule has 2 nitrogen and oxygen atoms in total. The number of thiophene rings is 2. The van der Waals surface area contributed by atoms with Crippen molar-refractivity contribution in [2.24, 2.45) is 0 Å². The number of carbonyl (C=O) groups excluding carboxylic acids is 1. The molecule has 3 aromatic rings. The SMILES string of the molecule is COc1cccc(C(=O)c2cc3sccc3s2)c1. The minimum absolute atomic E-state index is 0.0577. The Hall–Kier alpha value is -1.65. The second kappa shape index (κ2) is 4.55. The molecule has 0 spiro atoms. The van der Waals surface area contributed by atoms with Gasteiger partial charge in [0.15, 0.2) is 0 Å². The zero-order chi connectivity index (χ0) is 12.5. The highest BCUT2D eigenvalue weighted by molar-refractivity contribution is 7.28. The van der Waals surface area contributed by atoms with E-state index in [1.54, 1.807) is 35.8 Å². The average Bonchev–Trinajstić information content (AvgIpc) is 2.98. The van der Waals surface area contributed by atoms with E-state index in [1.807, 2.05) is 35.7 Å². The van der Waals surface area contributed by atoms with Gasteiger partial charge in [0.25, 0.3) is 0 Å². The molecule has 18 heavy (non-hydrogen) atoms. The molecule has 0 saturated carbocycles. The van der Waals surface area contributed by atoms with Gasteiger partial charge in [0, 0.05) is 15.0 Å². The van der Waals surface area contributed by atoms with E-state index in [2.05, 4.69) is 0 Å². The third-order valence-corrected chi connectivity index (χ3v) is 4.79. The Bertz CT molecular complexity index is 681. The lowest BCUT2D eigenvalue weighted by atomic mass is 10.1. The maximum absolute atomic E-state index is 12.3. The molecule has 0 amide bonds. The quantitative estimate of drug-likeness (QED) is 0.669. The fraction of sp³-hybridized carbons (Fsp3) is 0.0714. The predicted molar refractivity (Wildman–Crippen MR) is 76.1 cm³/mol. The van der Waals surface area contributed by atoms with Crippen LogP contribution in [0.25, 0.3) is 9.40 Å². The fourth-order valence-corrected chi connectivity index (χ4v) is 3.86. The number of hydrogen-bond acceptors (Lipinski definition) is 4. The van der Waals surface area contributed by atoms with Crippen molar-refractivity contribution in [1.82, 2.24) is 0 Å². The average molecular weight is 274 g/mol. The molecule has 0 aliphatic heterocycles. The van der Waals surface area contributed by atoms with Gasteiger partial charge in [-0.15, -0.1) is 22.7 Å². The van der Waals surface area contributed by atoms with E-state index >= 15 is 0 Å². The van der Waals surface area contributed by atoms with Crippen molar-refractivity contribution in [3.63, 3.8) is 0 Å². The van der Waals surface area contributed by atoms with Crippen molar-refractivity contribution < 1.29 is 9.53 Å². The minimum Gasteiger partial charge on any atom is -0.497 e. The molecule has 0 N–H and O–H groups in total. The Morgan fingerprint density at radius 2 is 2.06 bits per heavy atom. The van der Waals surface area contributed by atoms with Gasteiger partial charge < -0.3 is 4.74 Å². The van der Waals surface area contributed by atoms with Gasteiger partial charge in [-0.05, 0) is 29.6 Å². The van der Waals surface area contributed by atoms with Gasteiger partial charge in [-0.1, -0.05) is 12.1 Å². The molecule has 90 valence electrons. The molecular formula is C14H10O2S2. The van der Waals surface area contributed by atoms with Gasteiger partial charge in [0.05, 0.1) is 12.0 Å². The zero-order valence-electron chi connectivity index (χ0n) is 9.67. The number of methoxy groups -OCH3 is 1. The Kier molecular flexibility index (Phi) is 2.89. The summed E-state index contributed by atoms with van der Waals surface area (Å²) in [6.45, 7) is 0. The molecule has 0 bridgehead atoms. The predicted octanol–water partition coefficient (Wildman–Crippen LogP) is 4.20. The Morgan fingerprint density at radius 1 is 1.17 bits per heavy atom. The minimum atomic E-state index is 0.0577. The monoisotopic (exact) mass is 274 g/mol. The highest BCUT2D eigenvalue weighted by Crippen LogP contribution is 2.31. The summed E-state index contributed by atoms with van der Waals surface area (Å²) in [7, 11) is 1.60. The lowest BCUT2D eigenvalue weighted by Gasteiger charge is -2.02. The Balaban J connectivity index is 2.00. The van der Waals surface area contributed by atoms with E-state index < -0.39 is 0 Å². The van der Waals surface area contributed by atoms with E-state index in [9.17, 15) is 4.79 Å². The molecule has 2 aromatic heterocycles. The van der Waals surface area contributed by atoms with Gasteiger partial charge >= 0.3 is 0 Å². The molecule has 0 fully saturated rings. The van der Waals surface area contributed by atoms with E-state index in [1.165, 1.54) is 9.40 Å². The van der Waals surface area contributed by atoms with Crippen LogP contribution in [-0.4, -0.2) is 12.9 Å². The smallest absolute Gasteiger partial charge is 0.203 e. The lowest BCUT2D eigenvalue weighted by molar-refractivity contribution is 0.104. The first kappa shape index (κ1) is 11.4. The van der Waals surface area contributed by atoms with E-state index in [0.29, 0.717) is 11.3 Å². The van der Waals surface area contributed by atoms with Gasteiger partial charge in [0.1, 0.15) is 5.75 Å². The molecule has 3 rings (SSSR count). The molecular weight excluding hydrogens is 264 g/mol. The van der Waals surface area contributed by atoms with Crippen molar-refractivity contribution in [3.8, 4) is 5.75 Å². The first-order valence-electron chi connectivity index (χ1n) is 5.44. The molecule has 2 heterocycles. The van der Waals surface area contributed by atoms with Crippen LogP contribution in [0.3, 0.4) is 0 Å². The zero-order valence-corrected chi connectivity index (χ0v) is 11.3. The fourth-order valence-electron chi connectivity index (χ4n) is 1.78. The normalized spacial score (nSPS) is 10.7. The summed E-state index contributed by atoms with van der Waals surface area (Å²) in [5.74, 6) is 0.765.